The molecule has 2 N–H and O–H groups in total. The smallest absolute Gasteiger partial charge is 0.335 e. The quantitative estimate of drug-likeness (QED) is 0.387. The number of ether oxygens (including phenoxy) is 2. The van der Waals surface area contributed by atoms with Crippen LogP contribution in [0.1, 0.15) is 22.8 Å². The van der Waals surface area contributed by atoms with Gasteiger partial charge in [0.05, 0.1) is 30.0 Å². The number of benzene rings is 2. The Morgan fingerprint density at radius 2 is 2.03 bits per heavy atom. The number of aromatic carboxylic acids is 1. The van der Waals surface area contributed by atoms with E-state index in [0.29, 0.717) is 23.7 Å². The maximum absolute atomic E-state index is 13.1. The highest BCUT2D eigenvalue weighted by atomic mass is 35.5. The molecule has 2 amide bonds. The highest BCUT2D eigenvalue weighted by Crippen LogP contribution is 2.37. The molecule has 2 aromatic rings. The molecule has 3 rings (SSSR count). The number of carboxylic acid groups (broad SMARTS) is 1. The number of hydrogen-bond acceptors (Lipinski definition) is 6. The summed E-state index contributed by atoms with van der Waals surface area (Å²) in [7, 11) is 1.45. The summed E-state index contributed by atoms with van der Waals surface area (Å²) in [6.07, 6.45) is 1.35. The lowest BCUT2D eigenvalue weighted by Gasteiger charge is -2.29. The molecule has 0 spiro atoms. The third-order valence-corrected chi connectivity index (χ3v) is 4.87. The number of anilines is 1. The highest BCUT2D eigenvalue weighted by molar-refractivity contribution is 7.80. The summed E-state index contributed by atoms with van der Waals surface area (Å²) >= 11 is 11.4. The molecule has 10 heteroatoms. The SMILES string of the molecule is CCOc1cc(C=C2C(=O)NC(=S)N(c3cccc(C(=O)O)c3)C2=O)cc(Cl)c1OC. The second-order valence-corrected chi connectivity index (χ2v) is 7.07. The first-order valence-corrected chi connectivity index (χ1v) is 9.80. The van der Waals surface area contributed by atoms with Crippen molar-refractivity contribution < 1.29 is 29.0 Å². The van der Waals surface area contributed by atoms with E-state index in [2.05, 4.69) is 5.32 Å². The van der Waals surface area contributed by atoms with Gasteiger partial charge in [-0.1, -0.05) is 17.7 Å². The van der Waals surface area contributed by atoms with Crippen molar-refractivity contribution in [3.8, 4) is 11.5 Å². The summed E-state index contributed by atoms with van der Waals surface area (Å²) in [5, 5.41) is 11.7. The Labute approximate surface area is 188 Å². The van der Waals surface area contributed by atoms with Crippen molar-refractivity contribution in [2.75, 3.05) is 18.6 Å². The van der Waals surface area contributed by atoms with Crippen LogP contribution < -0.4 is 19.7 Å². The maximum atomic E-state index is 13.1. The highest BCUT2D eigenvalue weighted by Gasteiger charge is 2.34. The molecule has 1 aliphatic rings. The van der Waals surface area contributed by atoms with E-state index in [-0.39, 0.29) is 27.0 Å². The van der Waals surface area contributed by atoms with Crippen LogP contribution in [-0.2, 0) is 9.59 Å². The van der Waals surface area contributed by atoms with Crippen LogP contribution in [0.4, 0.5) is 5.69 Å². The minimum atomic E-state index is -1.16. The van der Waals surface area contributed by atoms with Crippen molar-refractivity contribution >= 4 is 58.5 Å². The minimum Gasteiger partial charge on any atom is -0.491 e. The van der Waals surface area contributed by atoms with E-state index >= 15 is 0 Å². The van der Waals surface area contributed by atoms with Gasteiger partial charge in [0, 0.05) is 0 Å². The van der Waals surface area contributed by atoms with E-state index in [1.54, 1.807) is 13.0 Å². The van der Waals surface area contributed by atoms with Gasteiger partial charge >= 0.3 is 5.97 Å². The lowest BCUT2D eigenvalue weighted by Crippen LogP contribution is -2.54. The Morgan fingerprint density at radius 1 is 1.29 bits per heavy atom. The first-order chi connectivity index (χ1) is 14.8. The standard InChI is InChI=1S/C21H17ClN2O6S/c1-3-30-16-9-11(8-15(22)17(16)29-2)7-14-18(25)23-21(31)24(19(14)26)13-6-4-5-12(10-13)20(27)28/h4-10H,3H2,1-2H3,(H,27,28)(H,23,25,31). The van der Waals surface area contributed by atoms with Gasteiger partial charge in [-0.25, -0.2) is 4.79 Å². The molecule has 160 valence electrons. The predicted molar refractivity (Wildman–Crippen MR) is 119 cm³/mol. The van der Waals surface area contributed by atoms with Crippen LogP contribution in [0.3, 0.4) is 0 Å². The van der Waals surface area contributed by atoms with Crippen molar-refractivity contribution in [1.29, 1.82) is 0 Å². The normalized spacial score (nSPS) is 15.1. The molecule has 0 aliphatic carbocycles. The average molecular weight is 461 g/mol. The molecule has 0 unspecified atom stereocenters. The number of thiocarbonyl (C=S) groups is 1. The fourth-order valence-electron chi connectivity index (χ4n) is 2.97. The summed E-state index contributed by atoms with van der Waals surface area (Å²) in [4.78, 5) is 37.9. The molecule has 1 aliphatic heterocycles. The van der Waals surface area contributed by atoms with E-state index in [1.807, 2.05) is 0 Å². The van der Waals surface area contributed by atoms with Gasteiger partial charge in [-0.05, 0) is 61.1 Å². The molecule has 31 heavy (non-hydrogen) atoms. The molecule has 0 radical (unpaired) electrons. The Hall–Kier alpha value is -3.43. The number of hydrogen-bond donors (Lipinski definition) is 2. The zero-order valence-corrected chi connectivity index (χ0v) is 18.0. The van der Waals surface area contributed by atoms with Gasteiger partial charge in [-0.15, -0.1) is 0 Å². The zero-order chi connectivity index (χ0) is 22.7. The summed E-state index contributed by atoms with van der Waals surface area (Å²) in [5.74, 6) is -1.87. The van der Waals surface area contributed by atoms with Gasteiger partial charge in [-0.3, -0.25) is 19.8 Å². The summed E-state index contributed by atoms with van der Waals surface area (Å²) < 4.78 is 10.8. The average Bonchev–Trinajstić information content (AvgIpc) is 2.71. The van der Waals surface area contributed by atoms with E-state index in [9.17, 15) is 19.5 Å². The van der Waals surface area contributed by atoms with Crippen molar-refractivity contribution in [3.63, 3.8) is 0 Å². The Morgan fingerprint density at radius 3 is 2.68 bits per heavy atom. The van der Waals surface area contributed by atoms with Crippen LogP contribution in [-0.4, -0.2) is 41.7 Å². The van der Waals surface area contributed by atoms with Crippen LogP contribution in [0.15, 0.2) is 42.0 Å². The summed E-state index contributed by atoms with van der Waals surface area (Å²) in [6, 6.07) is 8.78. The number of carboxylic acids is 1. The Bertz CT molecular complexity index is 1130. The van der Waals surface area contributed by atoms with Gasteiger partial charge in [-0.2, -0.15) is 0 Å². The third kappa shape index (κ3) is 4.52. The van der Waals surface area contributed by atoms with Gasteiger partial charge in [0.25, 0.3) is 11.8 Å². The first kappa shape index (κ1) is 22.3. The number of halogens is 1. The fourth-order valence-corrected chi connectivity index (χ4v) is 3.55. The number of amides is 2. The second kappa shape index (κ2) is 9.15. The largest absolute Gasteiger partial charge is 0.491 e. The third-order valence-electron chi connectivity index (χ3n) is 4.30. The molecule has 1 heterocycles. The first-order valence-electron chi connectivity index (χ1n) is 9.02. The van der Waals surface area contributed by atoms with Crippen LogP contribution in [0.5, 0.6) is 11.5 Å². The topological polar surface area (TPSA) is 105 Å². The van der Waals surface area contributed by atoms with Crippen molar-refractivity contribution in [2.24, 2.45) is 0 Å². The molecule has 0 aromatic heterocycles. The molecule has 0 bridgehead atoms. The monoisotopic (exact) mass is 460 g/mol. The molecular formula is C21H17ClN2O6S. The molecule has 0 saturated carbocycles. The van der Waals surface area contributed by atoms with E-state index in [4.69, 9.17) is 33.3 Å². The Balaban J connectivity index is 2.05. The van der Waals surface area contributed by atoms with Crippen molar-refractivity contribution in [2.45, 2.75) is 6.92 Å². The molecular weight excluding hydrogens is 444 g/mol. The molecule has 1 saturated heterocycles. The fraction of sp³-hybridized carbons (Fsp3) is 0.143. The summed E-state index contributed by atoms with van der Waals surface area (Å²) in [5.41, 5.74) is 0.403. The lowest BCUT2D eigenvalue weighted by atomic mass is 10.1. The van der Waals surface area contributed by atoms with Crippen LogP contribution >= 0.6 is 23.8 Å². The van der Waals surface area contributed by atoms with Crippen molar-refractivity contribution in [3.05, 3.63) is 58.1 Å². The van der Waals surface area contributed by atoms with E-state index < -0.39 is 17.8 Å². The number of carbonyl (C=O) groups excluding carboxylic acids is 2. The van der Waals surface area contributed by atoms with Gasteiger partial charge in [0.15, 0.2) is 16.6 Å². The van der Waals surface area contributed by atoms with Gasteiger partial charge < -0.3 is 14.6 Å². The Kier molecular flexibility index (Phi) is 6.57. The van der Waals surface area contributed by atoms with Gasteiger partial charge in [0.2, 0.25) is 0 Å². The molecule has 2 aromatic carbocycles. The van der Waals surface area contributed by atoms with Crippen molar-refractivity contribution in [1.82, 2.24) is 5.32 Å². The van der Waals surface area contributed by atoms with E-state index in [1.165, 1.54) is 43.5 Å². The number of nitrogens with one attached hydrogen (secondary N) is 1. The molecule has 1 fully saturated rings. The minimum absolute atomic E-state index is 0.0289. The zero-order valence-electron chi connectivity index (χ0n) is 16.5. The number of carbonyl (C=O) groups is 3. The summed E-state index contributed by atoms with van der Waals surface area (Å²) in [6.45, 7) is 2.15. The van der Waals surface area contributed by atoms with Crippen LogP contribution in [0, 0.1) is 0 Å². The lowest BCUT2D eigenvalue weighted by molar-refractivity contribution is -0.122. The molecule has 8 nitrogen and oxygen atoms in total. The number of methoxy groups -OCH3 is 1. The second-order valence-electron chi connectivity index (χ2n) is 6.28. The van der Waals surface area contributed by atoms with Gasteiger partial charge in [0.1, 0.15) is 5.57 Å². The maximum Gasteiger partial charge on any atom is 0.335 e. The van der Waals surface area contributed by atoms with Crippen LogP contribution in [0.25, 0.3) is 6.08 Å². The number of nitrogens with zero attached hydrogens (tertiary/aromatic N) is 1. The molecule has 0 atom stereocenters. The number of rotatable bonds is 6. The van der Waals surface area contributed by atoms with E-state index in [0.717, 1.165) is 4.90 Å². The predicted octanol–water partition coefficient (Wildman–Crippen LogP) is 3.28. The van der Waals surface area contributed by atoms with Crippen LogP contribution in [0.2, 0.25) is 5.02 Å².